The van der Waals surface area contributed by atoms with Gasteiger partial charge in [0, 0.05) is 17.5 Å². The maximum absolute atomic E-state index is 14.0. The Kier molecular flexibility index (Phi) is 3.63. The summed E-state index contributed by atoms with van der Waals surface area (Å²) in [6, 6.07) is 14.3. The SMILES string of the molecule is O=C1CCC2CCc3ccccc3[C@@]23O[C@@H]1C1(Cl)C(=O)c2ccccc2C(=O)C13Cl. The van der Waals surface area contributed by atoms with Crippen LogP contribution in [0.4, 0.5) is 0 Å². The van der Waals surface area contributed by atoms with Gasteiger partial charge in [0.15, 0.2) is 27.1 Å². The van der Waals surface area contributed by atoms with E-state index in [0.29, 0.717) is 12.8 Å². The van der Waals surface area contributed by atoms with Crippen LogP contribution in [0.25, 0.3) is 0 Å². The number of rotatable bonds is 0. The molecule has 1 spiro atoms. The molecule has 5 atom stereocenters. The van der Waals surface area contributed by atoms with Gasteiger partial charge in [-0.1, -0.05) is 48.5 Å². The van der Waals surface area contributed by atoms with Crippen LogP contribution < -0.4 is 0 Å². The predicted molar refractivity (Wildman–Crippen MR) is 111 cm³/mol. The minimum absolute atomic E-state index is 0.193. The largest absolute Gasteiger partial charge is 0.354 e. The third-order valence-electron chi connectivity index (χ3n) is 7.52. The maximum atomic E-state index is 14.0. The fourth-order valence-corrected chi connectivity index (χ4v) is 7.31. The van der Waals surface area contributed by atoms with Crippen LogP contribution in [0.3, 0.4) is 0 Å². The molecule has 0 N–H and O–H groups in total. The molecule has 6 heteroatoms. The Morgan fingerprint density at radius 3 is 2.23 bits per heavy atom. The lowest BCUT2D eigenvalue weighted by Gasteiger charge is -2.52. The van der Waals surface area contributed by atoms with Gasteiger partial charge in [0.25, 0.3) is 0 Å². The number of aryl methyl sites for hydroxylation is 1. The zero-order chi connectivity index (χ0) is 20.9. The molecule has 2 aliphatic carbocycles. The Morgan fingerprint density at radius 1 is 0.833 bits per heavy atom. The zero-order valence-electron chi connectivity index (χ0n) is 16.0. The summed E-state index contributed by atoms with van der Waals surface area (Å²) in [5, 5.41) is 0. The molecule has 30 heavy (non-hydrogen) atoms. The first kappa shape index (κ1) is 18.7. The molecule has 0 radical (unpaired) electrons. The van der Waals surface area contributed by atoms with Crippen LogP contribution in [-0.4, -0.2) is 33.2 Å². The van der Waals surface area contributed by atoms with Crippen LogP contribution in [0.2, 0.25) is 0 Å². The van der Waals surface area contributed by atoms with E-state index in [1.54, 1.807) is 24.3 Å². The number of ether oxygens (including phenoxy) is 1. The van der Waals surface area contributed by atoms with E-state index in [0.717, 1.165) is 17.5 Å². The second-order valence-electron chi connectivity index (χ2n) is 8.71. The number of carbonyl (C=O) groups is 3. The van der Waals surface area contributed by atoms with Gasteiger partial charge < -0.3 is 4.74 Å². The van der Waals surface area contributed by atoms with Crippen molar-refractivity contribution >= 4 is 40.6 Å². The highest BCUT2D eigenvalue weighted by Crippen LogP contribution is 2.69. The smallest absolute Gasteiger partial charge is 0.190 e. The first-order chi connectivity index (χ1) is 14.4. The molecule has 4 nitrogen and oxygen atoms in total. The Bertz CT molecular complexity index is 1160. The summed E-state index contributed by atoms with van der Waals surface area (Å²) in [7, 11) is 0. The number of benzene rings is 2. The van der Waals surface area contributed by atoms with Gasteiger partial charge in [-0.05, 0) is 36.3 Å². The van der Waals surface area contributed by atoms with Gasteiger partial charge in [0.05, 0.1) is 0 Å². The molecule has 0 saturated carbocycles. The highest BCUT2D eigenvalue weighted by molar-refractivity contribution is 6.56. The lowest BCUT2D eigenvalue weighted by atomic mass is 9.56. The summed E-state index contributed by atoms with van der Waals surface area (Å²) in [5.41, 5.74) is 0.906. The van der Waals surface area contributed by atoms with E-state index in [9.17, 15) is 14.4 Å². The van der Waals surface area contributed by atoms with Gasteiger partial charge in [0.2, 0.25) is 0 Å². The summed E-state index contributed by atoms with van der Waals surface area (Å²) in [6.45, 7) is 0. The number of fused-ring (bicyclic) bond motifs is 5. The van der Waals surface area contributed by atoms with Crippen LogP contribution in [0.15, 0.2) is 48.5 Å². The summed E-state index contributed by atoms with van der Waals surface area (Å²) >= 11 is 14.4. The second-order valence-corrected chi connectivity index (χ2v) is 9.87. The van der Waals surface area contributed by atoms with Crippen LogP contribution in [0.5, 0.6) is 0 Å². The van der Waals surface area contributed by atoms with Crippen molar-refractivity contribution in [3.63, 3.8) is 0 Å². The van der Waals surface area contributed by atoms with Crippen LogP contribution >= 0.6 is 23.2 Å². The molecular formula is C24H18Cl2O4. The topological polar surface area (TPSA) is 60.4 Å². The molecule has 2 heterocycles. The Labute approximate surface area is 183 Å². The van der Waals surface area contributed by atoms with E-state index in [1.807, 2.05) is 24.3 Å². The number of Topliss-reactive ketones (excluding diaryl/α,β-unsaturated/α-hetero) is 3. The lowest BCUT2D eigenvalue weighted by molar-refractivity contribution is -0.136. The van der Waals surface area contributed by atoms with Crippen molar-refractivity contribution in [2.24, 2.45) is 5.92 Å². The summed E-state index contributed by atoms with van der Waals surface area (Å²) in [6.07, 6.45) is 1.04. The van der Waals surface area contributed by atoms with Gasteiger partial charge in [-0.2, -0.15) is 0 Å². The standard InChI is InChI=1S/C24H18Cl2O4/c25-22-19(28)15-6-2-3-7-16(15)20(29)24(22,26)23-14(11-12-18(27)21(22)30-23)10-9-13-5-1-4-8-17(13)23/h1-8,14,21H,9-12H2/t14?,21-,22?,23-,24?/m0/s1. The Balaban J connectivity index is 1.75. The minimum atomic E-state index is -1.99. The molecule has 6 rings (SSSR count). The molecule has 3 unspecified atom stereocenters. The first-order valence-electron chi connectivity index (χ1n) is 10.2. The van der Waals surface area contributed by atoms with Crippen LogP contribution in [0, 0.1) is 5.92 Å². The molecule has 0 aromatic heterocycles. The number of carbonyl (C=O) groups excluding carboxylic acids is 3. The molecule has 0 amide bonds. The molecule has 2 aliphatic heterocycles. The van der Waals surface area contributed by atoms with Crippen molar-refractivity contribution in [2.75, 3.05) is 0 Å². The van der Waals surface area contributed by atoms with Gasteiger partial charge in [-0.25, -0.2) is 0 Å². The van der Waals surface area contributed by atoms with Crippen molar-refractivity contribution in [2.45, 2.75) is 47.1 Å². The maximum Gasteiger partial charge on any atom is 0.190 e. The van der Waals surface area contributed by atoms with Gasteiger partial charge >= 0.3 is 0 Å². The van der Waals surface area contributed by atoms with Gasteiger partial charge in [0.1, 0.15) is 11.7 Å². The molecule has 2 saturated heterocycles. The van der Waals surface area contributed by atoms with E-state index in [2.05, 4.69) is 0 Å². The average Bonchev–Trinajstić information content (AvgIpc) is 2.88. The van der Waals surface area contributed by atoms with E-state index in [1.165, 1.54) is 0 Å². The molecule has 2 aromatic rings. The lowest BCUT2D eigenvalue weighted by Crippen LogP contribution is -2.69. The fourth-order valence-electron chi connectivity index (χ4n) is 6.23. The predicted octanol–water partition coefficient (Wildman–Crippen LogP) is 4.24. The summed E-state index contributed by atoms with van der Waals surface area (Å²) in [4.78, 5) is 37.1. The minimum Gasteiger partial charge on any atom is -0.354 e. The fraction of sp³-hybridized carbons (Fsp3) is 0.375. The summed E-state index contributed by atoms with van der Waals surface area (Å²) in [5.74, 6) is -1.40. The molecule has 2 fully saturated rings. The van der Waals surface area contributed by atoms with E-state index in [-0.39, 0.29) is 29.2 Å². The van der Waals surface area contributed by atoms with Crippen molar-refractivity contribution in [1.29, 1.82) is 0 Å². The average molecular weight is 441 g/mol. The summed E-state index contributed by atoms with van der Waals surface area (Å²) < 4.78 is 6.52. The number of halogens is 2. The monoisotopic (exact) mass is 440 g/mol. The third-order valence-corrected chi connectivity index (χ3v) is 9.02. The van der Waals surface area contributed by atoms with E-state index < -0.39 is 33.0 Å². The zero-order valence-corrected chi connectivity index (χ0v) is 17.5. The van der Waals surface area contributed by atoms with Crippen molar-refractivity contribution in [3.05, 3.63) is 70.8 Å². The van der Waals surface area contributed by atoms with Crippen molar-refractivity contribution in [1.82, 2.24) is 0 Å². The second kappa shape index (κ2) is 5.82. The van der Waals surface area contributed by atoms with E-state index >= 15 is 0 Å². The highest BCUT2D eigenvalue weighted by Gasteiger charge is 2.84. The number of ketones is 3. The van der Waals surface area contributed by atoms with E-state index in [4.69, 9.17) is 27.9 Å². The van der Waals surface area contributed by atoms with Gasteiger partial charge in [-0.15, -0.1) is 23.2 Å². The molecule has 4 aliphatic rings. The first-order valence-corrected chi connectivity index (χ1v) is 11.0. The number of alkyl halides is 2. The quantitative estimate of drug-likeness (QED) is 0.574. The number of hydrogen-bond acceptors (Lipinski definition) is 4. The Hall–Kier alpha value is -2.01. The highest BCUT2D eigenvalue weighted by atomic mass is 35.5. The third kappa shape index (κ3) is 1.80. The van der Waals surface area contributed by atoms with Gasteiger partial charge in [-0.3, -0.25) is 14.4 Å². The molecular weight excluding hydrogens is 423 g/mol. The van der Waals surface area contributed by atoms with Crippen molar-refractivity contribution in [3.8, 4) is 0 Å². The molecule has 2 aromatic carbocycles. The molecule has 2 bridgehead atoms. The van der Waals surface area contributed by atoms with Crippen LogP contribution in [0.1, 0.15) is 51.1 Å². The van der Waals surface area contributed by atoms with Crippen LogP contribution in [-0.2, 0) is 21.6 Å². The molecule has 152 valence electrons. The van der Waals surface area contributed by atoms with Crippen molar-refractivity contribution < 1.29 is 19.1 Å². The normalized spacial score (nSPS) is 38.9. The number of hydrogen-bond donors (Lipinski definition) is 0. The Morgan fingerprint density at radius 2 is 1.47 bits per heavy atom.